The zero-order valence-electron chi connectivity index (χ0n) is 12.7. The second-order valence-corrected chi connectivity index (χ2v) is 5.43. The van der Waals surface area contributed by atoms with Crippen molar-refractivity contribution >= 4 is 23.7 Å². The number of hydrogen-bond acceptors (Lipinski definition) is 4. The van der Waals surface area contributed by atoms with Crippen molar-refractivity contribution in [3.63, 3.8) is 0 Å². The van der Waals surface area contributed by atoms with Crippen molar-refractivity contribution in [2.24, 2.45) is 4.99 Å². The number of aliphatic hydroxyl groups is 1. The summed E-state index contributed by atoms with van der Waals surface area (Å²) in [5.74, 6) is 0.724. The average molecular weight is 310 g/mol. The van der Waals surface area contributed by atoms with Crippen LogP contribution in [-0.4, -0.2) is 108 Å². The van der Waals surface area contributed by atoms with Gasteiger partial charge in [-0.1, -0.05) is 4.99 Å². The molecule has 0 saturated carbocycles. The molecule has 0 radical (unpaired) electrons. The fourth-order valence-corrected chi connectivity index (χ4v) is 2.94. The number of rotatable bonds is 2. The van der Waals surface area contributed by atoms with Crippen LogP contribution >= 0.6 is 0 Å². The highest BCUT2D eigenvalue weighted by Gasteiger charge is 2.55. The number of amidine groups is 1. The summed E-state index contributed by atoms with van der Waals surface area (Å²) in [6.45, 7) is 2.71. The molecule has 2 saturated heterocycles. The highest BCUT2D eigenvalue weighted by atomic mass is 16.5. The summed E-state index contributed by atoms with van der Waals surface area (Å²) in [6, 6.07) is -1.05. The van der Waals surface area contributed by atoms with Gasteiger partial charge in [0.25, 0.3) is 5.91 Å². The topological polar surface area (TPSA) is 88.7 Å². The second kappa shape index (κ2) is 5.65. The van der Waals surface area contributed by atoms with Gasteiger partial charge in [0.1, 0.15) is 0 Å². The summed E-state index contributed by atoms with van der Waals surface area (Å²) in [5, 5.41) is 9.35. The molecule has 2 fully saturated rings. The van der Waals surface area contributed by atoms with Crippen molar-refractivity contribution in [1.82, 2.24) is 14.7 Å². The standard InChI is InChI=1S/C13H20N5O4/c1-15-10-9(11(20)16(2)13(15)21)18(3-6-19)12(14-10)17-4-7-22-8-5-17/h9,19H,3-8H2,1-2H3/q+1. The summed E-state index contributed by atoms with van der Waals surface area (Å²) in [4.78, 5) is 33.3. The zero-order chi connectivity index (χ0) is 15.9. The Hall–Kier alpha value is -2.00. The van der Waals surface area contributed by atoms with Crippen molar-refractivity contribution in [3.8, 4) is 0 Å². The van der Waals surface area contributed by atoms with Gasteiger partial charge in [-0.15, -0.1) is 0 Å². The van der Waals surface area contributed by atoms with E-state index in [2.05, 4.69) is 4.99 Å². The predicted molar refractivity (Wildman–Crippen MR) is 76.8 cm³/mol. The molecule has 1 N–H and O–H groups in total. The molecule has 3 aliphatic rings. The van der Waals surface area contributed by atoms with Crippen molar-refractivity contribution in [2.75, 3.05) is 53.6 Å². The molecule has 9 heteroatoms. The number of β-amino-alcohol motifs (C(OH)–C–C–N with tert-alkyl or cyclic N) is 1. The normalized spacial score (nSPS) is 25.9. The molecule has 0 spiro atoms. The third-order valence-corrected chi connectivity index (χ3v) is 4.14. The van der Waals surface area contributed by atoms with Gasteiger partial charge in [-0.05, 0) is 0 Å². The third-order valence-electron chi connectivity index (χ3n) is 4.14. The Labute approximate surface area is 128 Å². The molecule has 1 unspecified atom stereocenters. The fourth-order valence-electron chi connectivity index (χ4n) is 2.94. The lowest BCUT2D eigenvalue weighted by atomic mass is 10.1. The van der Waals surface area contributed by atoms with Crippen molar-refractivity contribution in [1.29, 1.82) is 0 Å². The van der Waals surface area contributed by atoms with Crippen LogP contribution in [0.2, 0.25) is 0 Å². The second-order valence-electron chi connectivity index (χ2n) is 5.43. The maximum Gasteiger partial charge on any atom is 0.392 e. The zero-order valence-corrected chi connectivity index (χ0v) is 12.7. The lowest BCUT2D eigenvalue weighted by molar-refractivity contribution is -0.554. The van der Waals surface area contributed by atoms with Crippen LogP contribution in [0.4, 0.5) is 4.79 Å². The molecule has 1 atom stereocenters. The molecule has 3 amide bonds. The van der Waals surface area contributed by atoms with E-state index in [1.165, 1.54) is 11.9 Å². The number of ether oxygens (including phenoxy) is 1. The smallest absolute Gasteiger partial charge is 0.392 e. The minimum Gasteiger partial charge on any atom is -0.393 e. The van der Waals surface area contributed by atoms with Gasteiger partial charge in [0.05, 0.1) is 39.5 Å². The first-order chi connectivity index (χ1) is 10.6. The number of carbonyl (C=O) groups excluding carboxylic acids is 2. The number of urea groups is 1. The monoisotopic (exact) mass is 310 g/mol. The molecule has 22 heavy (non-hydrogen) atoms. The third kappa shape index (κ3) is 2.17. The van der Waals surface area contributed by atoms with Crippen molar-refractivity contribution in [2.45, 2.75) is 6.04 Å². The lowest BCUT2D eigenvalue weighted by Gasteiger charge is -2.33. The minimum atomic E-state index is -0.655. The summed E-state index contributed by atoms with van der Waals surface area (Å²) in [7, 11) is 3.07. The van der Waals surface area contributed by atoms with E-state index in [0.717, 1.165) is 4.90 Å². The molecule has 0 aromatic carbocycles. The van der Waals surface area contributed by atoms with Crippen molar-refractivity contribution < 1.29 is 24.0 Å². The number of guanidine groups is 1. The van der Waals surface area contributed by atoms with Crippen LogP contribution < -0.4 is 0 Å². The number of nitrogens with zero attached hydrogens (tertiary/aromatic N) is 5. The summed E-state index contributed by atoms with van der Waals surface area (Å²) < 4.78 is 7.36. The van der Waals surface area contributed by atoms with Crippen molar-refractivity contribution in [3.05, 3.63) is 0 Å². The van der Waals surface area contributed by atoms with Crippen LogP contribution in [0, 0.1) is 0 Å². The molecule has 3 heterocycles. The molecule has 0 aliphatic carbocycles. The number of amides is 3. The van der Waals surface area contributed by atoms with Crippen LogP contribution in [0.15, 0.2) is 4.99 Å². The maximum absolute atomic E-state index is 12.5. The van der Waals surface area contributed by atoms with Gasteiger partial charge in [-0.2, -0.15) is 0 Å². The van der Waals surface area contributed by atoms with Gasteiger partial charge in [0.2, 0.25) is 11.9 Å². The maximum atomic E-state index is 12.5. The summed E-state index contributed by atoms with van der Waals surface area (Å²) in [5.41, 5.74) is 0. The van der Waals surface area contributed by atoms with E-state index in [9.17, 15) is 14.7 Å². The number of carbonyl (C=O) groups is 2. The quantitative estimate of drug-likeness (QED) is 0.595. The average Bonchev–Trinajstić information content (AvgIpc) is 2.92. The van der Waals surface area contributed by atoms with Crippen LogP contribution in [0.5, 0.6) is 0 Å². The Balaban J connectivity index is 2.04. The molecular weight excluding hydrogens is 290 g/mol. The first-order valence-corrected chi connectivity index (χ1v) is 7.27. The minimum absolute atomic E-state index is 0.0954. The molecule has 120 valence electrons. The largest absolute Gasteiger partial charge is 0.393 e. The lowest BCUT2D eigenvalue weighted by Crippen LogP contribution is -2.63. The van der Waals surface area contributed by atoms with Gasteiger partial charge in [0, 0.05) is 14.1 Å². The summed E-state index contributed by atoms with van der Waals surface area (Å²) >= 11 is 0. The van der Waals surface area contributed by atoms with Crippen LogP contribution in [0.3, 0.4) is 0 Å². The number of morpholine rings is 1. The van der Waals surface area contributed by atoms with Crippen LogP contribution in [0.25, 0.3) is 0 Å². The van der Waals surface area contributed by atoms with E-state index in [1.54, 1.807) is 11.9 Å². The van der Waals surface area contributed by atoms with E-state index in [1.807, 2.05) is 4.58 Å². The first kappa shape index (κ1) is 14.9. The van der Waals surface area contributed by atoms with Gasteiger partial charge >= 0.3 is 12.0 Å². The van der Waals surface area contributed by atoms with E-state index in [-0.39, 0.29) is 19.1 Å². The number of aliphatic imine (C=N–C) groups is 1. The van der Waals surface area contributed by atoms with E-state index >= 15 is 0 Å². The van der Waals surface area contributed by atoms with E-state index < -0.39 is 12.1 Å². The first-order valence-electron chi connectivity index (χ1n) is 7.27. The van der Waals surface area contributed by atoms with Gasteiger partial charge in [0.15, 0.2) is 0 Å². The van der Waals surface area contributed by atoms with E-state index in [4.69, 9.17) is 4.74 Å². The molecule has 3 rings (SSSR count). The molecule has 0 aromatic rings. The fraction of sp³-hybridized carbons (Fsp3) is 0.692. The molecule has 9 nitrogen and oxygen atoms in total. The van der Waals surface area contributed by atoms with Crippen LogP contribution in [-0.2, 0) is 9.53 Å². The number of fused-ring (bicyclic) bond motifs is 1. The SMILES string of the molecule is CN1C(=O)C2C(=NC(=[N+]3CCOCC3)N2CCO)N(C)C1=O. The Morgan fingerprint density at radius 2 is 1.95 bits per heavy atom. The number of hydrogen-bond donors (Lipinski definition) is 1. The number of imide groups is 1. The van der Waals surface area contributed by atoms with E-state index in [0.29, 0.717) is 38.1 Å². The number of aliphatic hydroxyl groups excluding tert-OH is 1. The predicted octanol–water partition coefficient (Wildman–Crippen LogP) is -2.02. The molecular formula is C13H20N5O4+. The Kier molecular flexibility index (Phi) is 3.83. The Bertz CT molecular complexity index is 565. The molecule has 3 aliphatic heterocycles. The Morgan fingerprint density at radius 3 is 2.59 bits per heavy atom. The molecule has 0 bridgehead atoms. The molecule has 0 aromatic heterocycles. The van der Waals surface area contributed by atoms with Crippen LogP contribution in [0.1, 0.15) is 0 Å². The highest BCUT2D eigenvalue weighted by molar-refractivity contribution is 6.25. The summed E-state index contributed by atoms with van der Waals surface area (Å²) in [6.07, 6.45) is 0. The highest BCUT2D eigenvalue weighted by Crippen LogP contribution is 2.22. The van der Waals surface area contributed by atoms with Gasteiger partial charge < -0.3 is 9.84 Å². The van der Waals surface area contributed by atoms with Gasteiger partial charge in [-0.3, -0.25) is 19.2 Å². The number of likely N-dealkylation sites (N-methyl/N-ethyl adjacent to an activating group) is 2. The Morgan fingerprint density at radius 1 is 1.27 bits per heavy atom. The van der Waals surface area contributed by atoms with Gasteiger partial charge in [-0.25, -0.2) is 9.69 Å².